The minimum atomic E-state index is -0.0477. The van der Waals surface area contributed by atoms with Crippen molar-refractivity contribution in [3.8, 4) is 0 Å². The van der Waals surface area contributed by atoms with Crippen LogP contribution < -0.4 is 11.1 Å². The molecule has 0 heterocycles. The van der Waals surface area contributed by atoms with Gasteiger partial charge in [0.25, 0.3) is 0 Å². The highest BCUT2D eigenvalue weighted by molar-refractivity contribution is 6.31. The molecule has 17 heavy (non-hydrogen) atoms. The Bertz CT molecular complexity index is 393. The first-order valence-corrected chi connectivity index (χ1v) is 5.89. The molecule has 1 rings (SSSR count). The Labute approximate surface area is 107 Å². The third-order valence-electron chi connectivity index (χ3n) is 2.50. The summed E-state index contributed by atoms with van der Waals surface area (Å²) >= 11 is 6.08. The van der Waals surface area contributed by atoms with Crippen molar-refractivity contribution in [2.75, 3.05) is 13.1 Å². The number of hydrogen-bond donors (Lipinski definition) is 2. The molecule has 92 valence electrons. The van der Waals surface area contributed by atoms with E-state index in [4.69, 9.17) is 17.3 Å². The van der Waals surface area contributed by atoms with Gasteiger partial charge in [0, 0.05) is 23.9 Å². The van der Waals surface area contributed by atoms with Gasteiger partial charge in [-0.3, -0.25) is 4.79 Å². The number of amides is 1. The van der Waals surface area contributed by atoms with Gasteiger partial charge in [-0.2, -0.15) is 0 Å². The van der Waals surface area contributed by atoms with Gasteiger partial charge in [-0.1, -0.05) is 35.9 Å². The predicted molar refractivity (Wildman–Crippen MR) is 71.1 cm³/mol. The van der Waals surface area contributed by atoms with Crippen molar-refractivity contribution < 1.29 is 4.79 Å². The van der Waals surface area contributed by atoms with Gasteiger partial charge in [0.1, 0.15) is 0 Å². The SMILES string of the molecule is C=CCNC(=O)CC(CN)c1ccccc1Cl. The normalized spacial score (nSPS) is 11.9. The minimum absolute atomic E-state index is 0.0414. The fraction of sp³-hybridized carbons (Fsp3) is 0.308. The van der Waals surface area contributed by atoms with E-state index in [0.29, 0.717) is 24.5 Å². The number of hydrogen-bond acceptors (Lipinski definition) is 2. The Morgan fingerprint density at radius 3 is 2.82 bits per heavy atom. The third kappa shape index (κ3) is 4.21. The fourth-order valence-corrected chi connectivity index (χ4v) is 1.90. The number of carbonyl (C=O) groups is 1. The zero-order chi connectivity index (χ0) is 12.7. The van der Waals surface area contributed by atoms with Crippen molar-refractivity contribution in [2.45, 2.75) is 12.3 Å². The fourth-order valence-electron chi connectivity index (χ4n) is 1.61. The molecule has 1 aromatic rings. The van der Waals surface area contributed by atoms with E-state index in [1.807, 2.05) is 18.2 Å². The van der Waals surface area contributed by atoms with E-state index in [-0.39, 0.29) is 11.8 Å². The molecular weight excluding hydrogens is 236 g/mol. The van der Waals surface area contributed by atoms with Crippen molar-refractivity contribution in [3.05, 3.63) is 47.5 Å². The van der Waals surface area contributed by atoms with Crippen molar-refractivity contribution >= 4 is 17.5 Å². The topological polar surface area (TPSA) is 55.1 Å². The van der Waals surface area contributed by atoms with Gasteiger partial charge in [0.05, 0.1) is 0 Å². The van der Waals surface area contributed by atoms with Crippen LogP contribution in [0.1, 0.15) is 17.9 Å². The summed E-state index contributed by atoms with van der Waals surface area (Å²) in [5.74, 6) is -0.0891. The Balaban J connectivity index is 2.69. The lowest BCUT2D eigenvalue weighted by Crippen LogP contribution is -2.27. The summed E-state index contributed by atoms with van der Waals surface area (Å²) < 4.78 is 0. The zero-order valence-electron chi connectivity index (χ0n) is 9.66. The van der Waals surface area contributed by atoms with Gasteiger partial charge in [-0.15, -0.1) is 6.58 Å². The molecule has 0 saturated heterocycles. The van der Waals surface area contributed by atoms with Gasteiger partial charge < -0.3 is 11.1 Å². The van der Waals surface area contributed by atoms with Crippen molar-refractivity contribution in [1.82, 2.24) is 5.32 Å². The highest BCUT2D eigenvalue weighted by atomic mass is 35.5. The van der Waals surface area contributed by atoms with E-state index in [1.165, 1.54) is 0 Å². The molecule has 0 aliphatic carbocycles. The van der Waals surface area contributed by atoms with E-state index in [9.17, 15) is 4.79 Å². The predicted octanol–water partition coefficient (Wildman–Crippen LogP) is 2.07. The molecule has 1 aromatic carbocycles. The van der Waals surface area contributed by atoms with Crippen LogP contribution in [0.5, 0.6) is 0 Å². The van der Waals surface area contributed by atoms with E-state index in [2.05, 4.69) is 11.9 Å². The van der Waals surface area contributed by atoms with Crippen LogP contribution in [0.4, 0.5) is 0 Å². The number of rotatable bonds is 6. The largest absolute Gasteiger partial charge is 0.353 e. The Hall–Kier alpha value is -1.32. The van der Waals surface area contributed by atoms with Crippen molar-refractivity contribution in [2.24, 2.45) is 5.73 Å². The third-order valence-corrected chi connectivity index (χ3v) is 2.85. The van der Waals surface area contributed by atoms with Crippen molar-refractivity contribution in [3.63, 3.8) is 0 Å². The summed E-state index contributed by atoms with van der Waals surface area (Å²) in [5, 5.41) is 3.38. The first kappa shape index (κ1) is 13.7. The summed E-state index contributed by atoms with van der Waals surface area (Å²) in [6.07, 6.45) is 1.99. The Kier molecular flexibility index (Phi) is 5.73. The van der Waals surface area contributed by atoms with Gasteiger partial charge in [-0.05, 0) is 18.2 Å². The molecule has 1 amide bonds. The minimum Gasteiger partial charge on any atom is -0.353 e. The highest BCUT2D eigenvalue weighted by Crippen LogP contribution is 2.25. The molecule has 0 fully saturated rings. The molecule has 1 atom stereocenters. The van der Waals surface area contributed by atoms with Crippen LogP contribution in [0.25, 0.3) is 0 Å². The lowest BCUT2D eigenvalue weighted by Gasteiger charge is -2.16. The second-order valence-corrected chi connectivity index (χ2v) is 4.16. The standard InChI is InChI=1S/C13H17ClN2O/c1-2-7-16-13(17)8-10(9-15)11-5-3-4-6-12(11)14/h2-6,10H,1,7-9,15H2,(H,16,17). The molecule has 0 saturated carbocycles. The second kappa shape index (κ2) is 7.09. The van der Waals surface area contributed by atoms with Crippen LogP contribution in [-0.4, -0.2) is 19.0 Å². The first-order chi connectivity index (χ1) is 8.19. The van der Waals surface area contributed by atoms with Gasteiger partial charge in [0.2, 0.25) is 5.91 Å². The van der Waals surface area contributed by atoms with Crippen LogP contribution in [0, 0.1) is 0 Å². The number of carbonyl (C=O) groups excluding carboxylic acids is 1. The summed E-state index contributed by atoms with van der Waals surface area (Å²) in [6.45, 7) is 4.41. The van der Waals surface area contributed by atoms with Gasteiger partial charge in [-0.25, -0.2) is 0 Å². The maximum Gasteiger partial charge on any atom is 0.220 e. The molecule has 4 heteroatoms. The second-order valence-electron chi connectivity index (χ2n) is 3.75. The smallest absolute Gasteiger partial charge is 0.220 e. The summed E-state index contributed by atoms with van der Waals surface area (Å²) in [7, 11) is 0. The number of benzene rings is 1. The summed E-state index contributed by atoms with van der Waals surface area (Å²) in [4.78, 5) is 11.6. The molecule has 3 nitrogen and oxygen atoms in total. The van der Waals surface area contributed by atoms with Crippen LogP contribution in [0.3, 0.4) is 0 Å². The highest BCUT2D eigenvalue weighted by Gasteiger charge is 2.16. The van der Waals surface area contributed by atoms with E-state index >= 15 is 0 Å². The average Bonchev–Trinajstić information content (AvgIpc) is 2.34. The van der Waals surface area contributed by atoms with Crippen LogP contribution in [0.15, 0.2) is 36.9 Å². The lowest BCUT2D eigenvalue weighted by molar-refractivity contribution is -0.121. The molecule has 1 unspecified atom stereocenters. The van der Waals surface area contributed by atoms with E-state index in [1.54, 1.807) is 12.1 Å². The molecule has 0 aromatic heterocycles. The van der Waals surface area contributed by atoms with Gasteiger partial charge in [0.15, 0.2) is 0 Å². The molecule has 0 spiro atoms. The molecule has 0 radical (unpaired) electrons. The molecule has 0 bridgehead atoms. The van der Waals surface area contributed by atoms with E-state index < -0.39 is 0 Å². The van der Waals surface area contributed by atoms with Crippen LogP contribution >= 0.6 is 11.6 Å². The maximum absolute atomic E-state index is 11.6. The first-order valence-electron chi connectivity index (χ1n) is 5.51. The molecule has 0 aliphatic rings. The Morgan fingerprint density at radius 1 is 1.53 bits per heavy atom. The van der Waals surface area contributed by atoms with E-state index in [0.717, 1.165) is 5.56 Å². The van der Waals surface area contributed by atoms with Crippen LogP contribution in [-0.2, 0) is 4.79 Å². The maximum atomic E-state index is 11.6. The summed E-state index contributed by atoms with van der Waals surface area (Å²) in [5.41, 5.74) is 6.61. The van der Waals surface area contributed by atoms with Crippen LogP contribution in [0.2, 0.25) is 5.02 Å². The lowest BCUT2D eigenvalue weighted by atomic mass is 9.95. The monoisotopic (exact) mass is 252 g/mol. The quantitative estimate of drug-likeness (QED) is 0.762. The average molecular weight is 253 g/mol. The molecule has 3 N–H and O–H groups in total. The number of nitrogens with one attached hydrogen (secondary N) is 1. The number of halogens is 1. The number of nitrogens with two attached hydrogens (primary N) is 1. The summed E-state index contributed by atoms with van der Waals surface area (Å²) in [6, 6.07) is 7.46. The van der Waals surface area contributed by atoms with Crippen molar-refractivity contribution in [1.29, 1.82) is 0 Å². The molecule has 0 aliphatic heterocycles. The van der Waals surface area contributed by atoms with Gasteiger partial charge >= 0.3 is 0 Å². The molecular formula is C13H17ClN2O. The Morgan fingerprint density at radius 2 is 2.24 bits per heavy atom. The zero-order valence-corrected chi connectivity index (χ0v) is 10.4.